The van der Waals surface area contributed by atoms with Gasteiger partial charge in [0.2, 0.25) is 0 Å². The second-order valence-corrected chi connectivity index (χ2v) is 5.43. The van der Waals surface area contributed by atoms with Gasteiger partial charge in [-0.25, -0.2) is 0 Å². The van der Waals surface area contributed by atoms with Gasteiger partial charge in [0.15, 0.2) is 0 Å². The molecule has 0 aromatic heterocycles. The molecule has 1 heterocycles. The zero-order chi connectivity index (χ0) is 14.4. The van der Waals surface area contributed by atoms with E-state index in [2.05, 4.69) is 23.9 Å². The van der Waals surface area contributed by atoms with E-state index in [0.29, 0.717) is 34.5 Å². The van der Waals surface area contributed by atoms with Crippen LogP contribution in [-0.4, -0.2) is 24.9 Å². The Morgan fingerprint density at radius 3 is 2.45 bits per heavy atom. The van der Waals surface area contributed by atoms with E-state index < -0.39 is 0 Å². The lowest BCUT2D eigenvalue weighted by atomic mass is 10.0. The Morgan fingerprint density at radius 2 is 1.85 bits per heavy atom. The molecule has 1 N–H and O–H groups in total. The third kappa shape index (κ3) is 1.56. The fourth-order valence-electron chi connectivity index (χ4n) is 2.89. The number of hydrogen-bond donors (Lipinski definition) is 1. The van der Waals surface area contributed by atoms with Crippen LogP contribution in [0, 0.1) is 4.91 Å². The number of hydrogen-bond acceptors (Lipinski definition) is 5. The molecule has 0 radical (unpaired) electrons. The minimum absolute atomic E-state index is 0.223. The fourth-order valence-corrected chi connectivity index (χ4v) is 2.89. The first kappa shape index (κ1) is 12.7. The Kier molecular flexibility index (Phi) is 2.78. The van der Waals surface area contributed by atoms with Gasteiger partial charge in [-0.15, -0.1) is 4.91 Å². The van der Waals surface area contributed by atoms with E-state index in [0.717, 1.165) is 0 Å². The average Bonchev–Trinajstić information content (AvgIpc) is 2.78. The first-order valence-corrected chi connectivity index (χ1v) is 6.65. The van der Waals surface area contributed by atoms with Crippen molar-refractivity contribution in [2.45, 2.75) is 19.9 Å². The van der Waals surface area contributed by atoms with Crippen molar-refractivity contribution < 1.29 is 5.11 Å². The number of benzene rings is 2. The second-order valence-electron chi connectivity index (χ2n) is 5.43. The first-order chi connectivity index (χ1) is 9.56. The molecule has 3 rings (SSSR count). The maximum absolute atomic E-state index is 11.3. The first-order valence-electron chi connectivity index (χ1n) is 6.65. The number of aromatic hydroxyl groups is 1. The van der Waals surface area contributed by atoms with Gasteiger partial charge in [0, 0.05) is 23.9 Å². The highest BCUT2D eigenvalue weighted by molar-refractivity contribution is 6.10. The molecule has 2 aromatic carbocycles. The van der Waals surface area contributed by atoms with Crippen LogP contribution < -0.4 is 9.80 Å². The molecule has 1 aliphatic rings. The molecule has 0 fully saturated rings. The van der Waals surface area contributed by atoms with Gasteiger partial charge in [0.05, 0.1) is 12.4 Å². The van der Waals surface area contributed by atoms with Crippen molar-refractivity contribution in [2.24, 2.45) is 5.18 Å². The van der Waals surface area contributed by atoms with Gasteiger partial charge in [0.1, 0.15) is 17.1 Å². The minimum Gasteiger partial charge on any atom is -0.505 e. The number of phenolic OH excluding ortho intramolecular Hbond substituents is 1. The molecule has 20 heavy (non-hydrogen) atoms. The van der Waals surface area contributed by atoms with Crippen molar-refractivity contribution in [3.63, 3.8) is 0 Å². The highest BCUT2D eigenvalue weighted by atomic mass is 16.3. The molecular formula is C15H17N3O2. The highest BCUT2D eigenvalue weighted by Gasteiger charge is 2.33. The molecule has 5 nitrogen and oxygen atoms in total. The van der Waals surface area contributed by atoms with Gasteiger partial charge in [-0.1, -0.05) is 24.3 Å². The van der Waals surface area contributed by atoms with E-state index in [1.54, 1.807) is 0 Å². The zero-order valence-electron chi connectivity index (χ0n) is 11.8. The van der Waals surface area contributed by atoms with Crippen LogP contribution in [0.4, 0.5) is 17.1 Å². The molecule has 5 heteroatoms. The monoisotopic (exact) mass is 271 g/mol. The molecule has 0 bridgehead atoms. The van der Waals surface area contributed by atoms with E-state index in [1.807, 2.05) is 36.2 Å². The summed E-state index contributed by atoms with van der Waals surface area (Å²) in [5.74, 6) is 0.223. The molecular weight excluding hydrogens is 254 g/mol. The Balaban J connectivity index is 2.44. The largest absolute Gasteiger partial charge is 0.505 e. The summed E-state index contributed by atoms with van der Waals surface area (Å²) in [6.45, 7) is 4.76. The topological polar surface area (TPSA) is 56.1 Å². The summed E-state index contributed by atoms with van der Waals surface area (Å²) in [5, 5.41) is 15.2. The van der Waals surface area contributed by atoms with Crippen molar-refractivity contribution in [3.8, 4) is 5.75 Å². The van der Waals surface area contributed by atoms with Gasteiger partial charge < -0.3 is 14.9 Å². The number of phenols is 1. The lowest BCUT2D eigenvalue weighted by Gasteiger charge is -2.24. The lowest BCUT2D eigenvalue weighted by Crippen LogP contribution is -2.33. The van der Waals surface area contributed by atoms with Crippen molar-refractivity contribution >= 4 is 27.8 Å². The number of rotatable bonds is 2. The third-order valence-electron chi connectivity index (χ3n) is 3.86. The van der Waals surface area contributed by atoms with Crippen molar-refractivity contribution in [1.29, 1.82) is 0 Å². The molecule has 104 valence electrons. The summed E-state index contributed by atoms with van der Waals surface area (Å²) in [4.78, 5) is 15.4. The second kappa shape index (κ2) is 4.37. The van der Waals surface area contributed by atoms with Gasteiger partial charge in [-0.3, -0.25) is 0 Å². The molecule has 0 saturated carbocycles. The van der Waals surface area contributed by atoms with Crippen molar-refractivity contribution in [3.05, 3.63) is 29.2 Å². The van der Waals surface area contributed by atoms with E-state index in [1.165, 1.54) is 0 Å². The maximum atomic E-state index is 11.3. The molecule has 0 spiro atoms. The Morgan fingerprint density at radius 1 is 1.20 bits per heavy atom. The van der Waals surface area contributed by atoms with Crippen LogP contribution in [0.15, 0.2) is 29.4 Å². The summed E-state index contributed by atoms with van der Waals surface area (Å²) in [5.41, 5.74) is 1.82. The fraction of sp³-hybridized carbons (Fsp3) is 0.333. The van der Waals surface area contributed by atoms with E-state index in [4.69, 9.17) is 0 Å². The summed E-state index contributed by atoms with van der Waals surface area (Å²) in [6.07, 6.45) is 0. The van der Waals surface area contributed by atoms with E-state index in [9.17, 15) is 10.0 Å². The quantitative estimate of drug-likeness (QED) is 0.848. The minimum atomic E-state index is 0.223. The predicted molar refractivity (Wildman–Crippen MR) is 82.0 cm³/mol. The van der Waals surface area contributed by atoms with Crippen molar-refractivity contribution in [2.75, 3.05) is 23.5 Å². The molecule has 0 aliphatic carbocycles. The van der Waals surface area contributed by atoms with Crippen LogP contribution in [0.2, 0.25) is 0 Å². The predicted octanol–water partition coefficient (Wildman–Crippen LogP) is 3.57. The Bertz CT molecular complexity index is 697. The summed E-state index contributed by atoms with van der Waals surface area (Å²) in [7, 11) is 1.91. The number of nitroso groups, excluding NO2 is 1. The molecule has 0 atom stereocenters. The van der Waals surface area contributed by atoms with Gasteiger partial charge >= 0.3 is 0 Å². The van der Waals surface area contributed by atoms with Gasteiger partial charge in [0.25, 0.3) is 0 Å². The van der Waals surface area contributed by atoms with Crippen molar-refractivity contribution in [1.82, 2.24) is 0 Å². The molecule has 1 aliphatic heterocycles. The van der Waals surface area contributed by atoms with Crippen LogP contribution in [0.1, 0.15) is 13.8 Å². The van der Waals surface area contributed by atoms with Gasteiger partial charge in [-0.2, -0.15) is 0 Å². The standard InChI is InChI=1S/C15H17N3O2/c1-9(2)18-8-17(3)13-12(16-20)10-6-4-5-7-11(10)15(19)14(13)18/h4-7,9,19H,8H2,1-3H3. The van der Waals surface area contributed by atoms with Crippen LogP contribution in [0.3, 0.4) is 0 Å². The van der Waals surface area contributed by atoms with Crippen LogP contribution in [-0.2, 0) is 0 Å². The maximum Gasteiger partial charge on any atom is 0.149 e. The highest BCUT2D eigenvalue weighted by Crippen LogP contribution is 2.53. The molecule has 0 saturated heterocycles. The summed E-state index contributed by atoms with van der Waals surface area (Å²) in [6, 6.07) is 7.55. The van der Waals surface area contributed by atoms with Crippen LogP contribution in [0.5, 0.6) is 5.75 Å². The average molecular weight is 271 g/mol. The Hall–Kier alpha value is -2.30. The molecule has 2 aromatic rings. The van der Waals surface area contributed by atoms with E-state index >= 15 is 0 Å². The van der Waals surface area contributed by atoms with Crippen LogP contribution in [0.25, 0.3) is 10.8 Å². The van der Waals surface area contributed by atoms with Gasteiger partial charge in [-0.05, 0) is 19.0 Å². The SMILES string of the molecule is CC(C)N1CN(C)c2c1c(O)c1ccccc1c2N=O. The number of anilines is 2. The summed E-state index contributed by atoms with van der Waals surface area (Å²) < 4.78 is 0. The molecule has 0 unspecified atom stereocenters. The lowest BCUT2D eigenvalue weighted by molar-refractivity contribution is 0.480. The van der Waals surface area contributed by atoms with Crippen LogP contribution >= 0.6 is 0 Å². The molecule has 0 amide bonds. The zero-order valence-corrected chi connectivity index (χ0v) is 11.8. The number of nitrogens with zero attached hydrogens (tertiary/aromatic N) is 3. The van der Waals surface area contributed by atoms with E-state index in [-0.39, 0.29) is 11.8 Å². The third-order valence-corrected chi connectivity index (χ3v) is 3.86. The smallest absolute Gasteiger partial charge is 0.149 e. The Labute approximate surface area is 117 Å². The normalized spacial score (nSPS) is 14.2. The summed E-state index contributed by atoms with van der Waals surface area (Å²) >= 11 is 0. The number of fused-ring (bicyclic) bond motifs is 2.